The van der Waals surface area contributed by atoms with Gasteiger partial charge in [0, 0.05) is 48.5 Å². The number of likely N-dealkylation sites (tertiary alicyclic amines) is 2. The summed E-state index contributed by atoms with van der Waals surface area (Å²) in [5.41, 5.74) is 1.51. The molecule has 2 amide bonds. The van der Waals surface area contributed by atoms with Crippen LogP contribution in [0.1, 0.15) is 42.6 Å². The first-order chi connectivity index (χ1) is 14.1. The number of carbonyl (C=O) groups excluding carboxylic acids is 2. The Morgan fingerprint density at radius 2 is 1.86 bits per heavy atom. The number of fused-ring (bicyclic) bond motifs is 1. The van der Waals surface area contributed by atoms with Gasteiger partial charge >= 0.3 is 0 Å². The van der Waals surface area contributed by atoms with E-state index in [0.29, 0.717) is 36.1 Å². The number of carbonyl (C=O) groups is 2. The molecule has 0 radical (unpaired) electrons. The van der Waals surface area contributed by atoms with Gasteiger partial charge in [0.2, 0.25) is 5.91 Å². The Bertz CT molecular complexity index is 867. The number of nitrogens with one attached hydrogen (secondary N) is 2. The number of aromatic nitrogens is 1. The summed E-state index contributed by atoms with van der Waals surface area (Å²) in [4.78, 5) is 32.5. The molecule has 0 atom stereocenters. The molecule has 2 aromatic rings. The van der Waals surface area contributed by atoms with E-state index in [1.165, 1.54) is 12.8 Å². The molecule has 2 N–H and O–H groups in total. The van der Waals surface area contributed by atoms with Gasteiger partial charge in [-0.1, -0.05) is 11.6 Å². The molecule has 1 aromatic carbocycles. The predicted molar refractivity (Wildman–Crippen MR) is 115 cm³/mol. The summed E-state index contributed by atoms with van der Waals surface area (Å²) in [5, 5.41) is 4.67. The van der Waals surface area contributed by atoms with Crippen molar-refractivity contribution in [1.29, 1.82) is 0 Å². The number of amides is 2. The Morgan fingerprint density at radius 1 is 1.10 bits per heavy atom. The first kappa shape index (κ1) is 20.2. The third-order valence-corrected chi connectivity index (χ3v) is 6.37. The van der Waals surface area contributed by atoms with Gasteiger partial charge < -0.3 is 20.1 Å². The molecular weight excluding hydrogens is 388 g/mol. The van der Waals surface area contributed by atoms with E-state index in [4.69, 9.17) is 11.6 Å². The summed E-state index contributed by atoms with van der Waals surface area (Å²) in [7, 11) is 0. The highest BCUT2D eigenvalue weighted by Crippen LogP contribution is 2.24. The van der Waals surface area contributed by atoms with Crippen LogP contribution in [0.5, 0.6) is 0 Å². The monoisotopic (exact) mass is 416 g/mol. The van der Waals surface area contributed by atoms with Crippen molar-refractivity contribution in [3.05, 3.63) is 35.0 Å². The van der Waals surface area contributed by atoms with Gasteiger partial charge in [-0.05, 0) is 69.0 Å². The highest BCUT2D eigenvalue weighted by molar-refractivity contribution is 6.31. The van der Waals surface area contributed by atoms with Crippen LogP contribution in [0, 0.1) is 5.92 Å². The first-order valence-electron chi connectivity index (χ1n) is 10.6. The molecule has 2 saturated heterocycles. The number of aromatic amines is 1. The van der Waals surface area contributed by atoms with E-state index < -0.39 is 0 Å². The zero-order valence-corrected chi connectivity index (χ0v) is 17.5. The predicted octanol–water partition coefficient (Wildman–Crippen LogP) is 3.28. The fourth-order valence-corrected chi connectivity index (χ4v) is 4.60. The Hall–Kier alpha value is -2.05. The van der Waals surface area contributed by atoms with Gasteiger partial charge in [-0.3, -0.25) is 9.59 Å². The average molecular weight is 417 g/mol. The fraction of sp³-hybridized carbons (Fsp3) is 0.545. The molecule has 7 heteroatoms. The molecule has 2 aliphatic rings. The summed E-state index contributed by atoms with van der Waals surface area (Å²) in [6.45, 7) is 5.40. The number of hydrogen-bond donors (Lipinski definition) is 2. The minimum atomic E-state index is 0.0193. The highest BCUT2D eigenvalue weighted by Gasteiger charge is 2.26. The van der Waals surface area contributed by atoms with Crippen LogP contribution in [0.2, 0.25) is 5.02 Å². The maximum absolute atomic E-state index is 12.8. The van der Waals surface area contributed by atoms with Crippen LogP contribution < -0.4 is 5.32 Å². The van der Waals surface area contributed by atoms with Gasteiger partial charge in [0.15, 0.2) is 0 Å². The van der Waals surface area contributed by atoms with Crippen LogP contribution in [-0.4, -0.2) is 65.9 Å². The molecule has 29 heavy (non-hydrogen) atoms. The van der Waals surface area contributed by atoms with E-state index >= 15 is 0 Å². The van der Waals surface area contributed by atoms with Crippen molar-refractivity contribution in [3.8, 4) is 0 Å². The average Bonchev–Trinajstić information content (AvgIpc) is 3.37. The van der Waals surface area contributed by atoms with Gasteiger partial charge in [0.1, 0.15) is 5.69 Å². The fourth-order valence-electron chi connectivity index (χ4n) is 4.42. The Kier molecular flexibility index (Phi) is 6.40. The second-order valence-electron chi connectivity index (χ2n) is 8.25. The number of rotatable bonds is 6. The van der Waals surface area contributed by atoms with E-state index in [1.807, 2.05) is 29.2 Å². The minimum Gasteiger partial charge on any atom is -0.355 e. The smallest absolute Gasteiger partial charge is 0.270 e. The number of H-pyrrole nitrogens is 1. The number of piperidine rings is 1. The maximum Gasteiger partial charge on any atom is 0.270 e. The Morgan fingerprint density at radius 3 is 2.62 bits per heavy atom. The van der Waals surface area contributed by atoms with Crippen molar-refractivity contribution < 1.29 is 9.59 Å². The summed E-state index contributed by atoms with van der Waals surface area (Å²) in [6, 6.07) is 7.43. The van der Waals surface area contributed by atoms with Crippen molar-refractivity contribution in [2.24, 2.45) is 5.92 Å². The molecule has 6 nitrogen and oxygen atoms in total. The number of benzene rings is 1. The van der Waals surface area contributed by atoms with Crippen molar-refractivity contribution >= 4 is 34.3 Å². The molecule has 3 heterocycles. The quantitative estimate of drug-likeness (QED) is 0.759. The second kappa shape index (κ2) is 9.18. The largest absolute Gasteiger partial charge is 0.355 e. The topological polar surface area (TPSA) is 68.4 Å². The molecule has 0 aliphatic carbocycles. The third-order valence-electron chi connectivity index (χ3n) is 6.14. The normalized spacial score (nSPS) is 18.4. The molecule has 4 rings (SSSR count). The number of halogens is 1. The summed E-state index contributed by atoms with van der Waals surface area (Å²) in [6.07, 6.45) is 4.86. The minimum absolute atomic E-state index is 0.0193. The lowest BCUT2D eigenvalue weighted by molar-refractivity contribution is -0.122. The van der Waals surface area contributed by atoms with Crippen LogP contribution in [-0.2, 0) is 4.79 Å². The summed E-state index contributed by atoms with van der Waals surface area (Å²) >= 11 is 6.03. The van der Waals surface area contributed by atoms with Gasteiger partial charge in [-0.2, -0.15) is 0 Å². The molecule has 0 bridgehead atoms. The standard InChI is InChI=1S/C22H29ClN4O2/c23-18-3-4-19-17(14-18)15-20(25-19)22(29)27-10-5-16(6-11-27)13-21(28)24-7-12-26-8-1-2-9-26/h3-4,14-16,25H,1-2,5-13H2,(H,24,28). The van der Waals surface area contributed by atoms with E-state index in [2.05, 4.69) is 15.2 Å². The van der Waals surface area contributed by atoms with Gasteiger partial charge in [-0.15, -0.1) is 0 Å². The van der Waals surface area contributed by atoms with Crippen molar-refractivity contribution in [1.82, 2.24) is 20.1 Å². The zero-order chi connectivity index (χ0) is 20.2. The molecule has 1 aromatic heterocycles. The van der Waals surface area contributed by atoms with Crippen LogP contribution in [0.4, 0.5) is 0 Å². The van der Waals surface area contributed by atoms with Crippen LogP contribution in [0.25, 0.3) is 10.9 Å². The van der Waals surface area contributed by atoms with Crippen molar-refractivity contribution in [2.75, 3.05) is 39.3 Å². The molecule has 156 valence electrons. The lowest BCUT2D eigenvalue weighted by atomic mass is 9.93. The van der Waals surface area contributed by atoms with Gasteiger partial charge in [0.05, 0.1) is 0 Å². The molecule has 2 fully saturated rings. The van der Waals surface area contributed by atoms with E-state index in [0.717, 1.165) is 49.9 Å². The SMILES string of the molecule is O=C(CC1CCN(C(=O)c2cc3cc(Cl)ccc3[nH]2)CC1)NCCN1CCCC1. The van der Waals surface area contributed by atoms with Crippen LogP contribution in [0.3, 0.4) is 0 Å². The van der Waals surface area contributed by atoms with E-state index in [1.54, 1.807) is 0 Å². The van der Waals surface area contributed by atoms with Crippen LogP contribution >= 0.6 is 11.6 Å². The Labute approximate surface area is 176 Å². The lowest BCUT2D eigenvalue weighted by Gasteiger charge is -2.31. The van der Waals surface area contributed by atoms with Gasteiger partial charge in [0.25, 0.3) is 5.91 Å². The third kappa shape index (κ3) is 5.11. The van der Waals surface area contributed by atoms with E-state index in [9.17, 15) is 9.59 Å². The van der Waals surface area contributed by atoms with Crippen LogP contribution in [0.15, 0.2) is 24.3 Å². The molecule has 2 aliphatic heterocycles. The molecule has 0 saturated carbocycles. The lowest BCUT2D eigenvalue weighted by Crippen LogP contribution is -2.40. The van der Waals surface area contributed by atoms with Crippen molar-refractivity contribution in [3.63, 3.8) is 0 Å². The van der Waals surface area contributed by atoms with E-state index in [-0.39, 0.29) is 11.8 Å². The number of nitrogens with zero attached hydrogens (tertiary/aromatic N) is 2. The zero-order valence-electron chi connectivity index (χ0n) is 16.8. The molecule has 0 unspecified atom stereocenters. The summed E-state index contributed by atoms with van der Waals surface area (Å²) in [5.74, 6) is 0.514. The number of hydrogen-bond acceptors (Lipinski definition) is 3. The second-order valence-corrected chi connectivity index (χ2v) is 8.69. The molecular formula is C22H29ClN4O2. The first-order valence-corrected chi connectivity index (χ1v) is 11.0. The highest BCUT2D eigenvalue weighted by atomic mass is 35.5. The molecule has 0 spiro atoms. The maximum atomic E-state index is 12.8. The van der Waals surface area contributed by atoms with Crippen molar-refractivity contribution in [2.45, 2.75) is 32.1 Å². The summed E-state index contributed by atoms with van der Waals surface area (Å²) < 4.78 is 0. The van der Waals surface area contributed by atoms with Gasteiger partial charge in [-0.25, -0.2) is 0 Å². The Balaban J connectivity index is 1.22.